The van der Waals surface area contributed by atoms with Crippen molar-refractivity contribution in [1.29, 1.82) is 0 Å². The molecule has 0 N–H and O–H groups in total. The predicted octanol–water partition coefficient (Wildman–Crippen LogP) is 5.10. The molecule has 0 saturated carbocycles. The van der Waals surface area contributed by atoms with E-state index in [1.165, 1.54) is 20.5 Å². The van der Waals surface area contributed by atoms with Gasteiger partial charge in [-0.1, -0.05) is 30.3 Å². The van der Waals surface area contributed by atoms with Gasteiger partial charge in [-0.15, -0.1) is 11.3 Å². The van der Waals surface area contributed by atoms with Crippen molar-refractivity contribution in [2.75, 3.05) is 53.2 Å². The van der Waals surface area contributed by atoms with Crippen molar-refractivity contribution < 1.29 is 19.0 Å². The second-order valence-electron chi connectivity index (χ2n) is 10.1. The number of fused-ring (bicyclic) bond motifs is 2. The molecule has 202 valence electrons. The van der Waals surface area contributed by atoms with E-state index in [1.54, 1.807) is 12.1 Å². The number of piperazine rings is 1. The molecule has 0 aliphatic carbocycles. The minimum absolute atomic E-state index is 0.0405. The van der Waals surface area contributed by atoms with Crippen LogP contribution in [0, 0.1) is 0 Å². The van der Waals surface area contributed by atoms with E-state index in [4.69, 9.17) is 14.2 Å². The van der Waals surface area contributed by atoms with Crippen LogP contribution >= 0.6 is 11.3 Å². The molecule has 3 heterocycles. The molecule has 0 spiro atoms. The fourth-order valence-corrected chi connectivity index (χ4v) is 6.26. The molecule has 0 radical (unpaired) electrons. The smallest absolute Gasteiger partial charge is 0.254 e. The van der Waals surface area contributed by atoms with Crippen molar-refractivity contribution in [3.63, 3.8) is 0 Å². The number of rotatable bonds is 9. The third kappa shape index (κ3) is 6.19. The normalized spacial score (nSPS) is 15.3. The summed E-state index contributed by atoms with van der Waals surface area (Å²) < 4.78 is 18.1. The number of nitrogens with zero attached hydrogens (tertiary/aromatic N) is 3. The van der Waals surface area contributed by atoms with Crippen LogP contribution in [0.5, 0.6) is 17.2 Å². The SMILES string of the molecule is CN(Cc1ccc(OCCN2CCN(C(=O)c3ccc4c(c3)OCO4)CC2)cc1)Cc1cc2ccccc2s1. The first kappa shape index (κ1) is 25.7. The Labute approximate surface area is 233 Å². The van der Waals surface area contributed by atoms with Gasteiger partial charge >= 0.3 is 0 Å². The average molecular weight is 544 g/mol. The molecule has 0 bridgehead atoms. The number of benzene rings is 3. The van der Waals surface area contributed by atoms with Crippen molar-refractivity contribution in [3.05, 3.63) is 88.8 Å². The fourth-order valence-electron chi connectivity index (χ4n) is 5.12. The summed E-state index contributed by atoms with van der Waals surface area (Å²) in [4.78, 5) is 20.9. The first-order valence-corrected chi connectivity index (χ1v) is 14.2. The third-order valence-corrected chi connectivity index (χ3v) is 8.33. The summed E-state index contributed by atoms with van der Waals surface area (Å²) in [6.07, 6.45) is 0. The molecule has 4 aromatic rings. The molecule has 2 aliphatic rings. The molecule has 1 fully saturated rings. The highest BCUT2D eigenvalue weighted by Crippen LogP contribution is 2.33. The predicted molar refractivity (Wildman–Crippen MR) is 154 cm³/mol. The van der Waals surface area contributed by atoms with Crippen molar-refractivity contribution >= 4 is 27.3 Å². The van der Waals surface area contributed by atoms with E-state index in [-0.39, 0.29) is 12.7 Å². The summed E-state index contributed by atoms with van der Waals surface area (Å²) in [6, 6.07) is 24.7. The van der Waals surface area contributed by atoms with Crippen LogP contribution in [0.15, 0.2) is 72.8 Å². The molecular weight excluding hydrogens is 510 g/mol. The van der Waals surface area contributed by atoms with Gasteiger partial charge in [0.25, 0.3) is 5.91 Å². The number of hydrogen-bond donors (Lipinski definition) is 0. The van der Waals surface area contributed by atoms with Gasteiger partial charge in [0.15, 0.2) is 11.5 Å². The Morgan fingerprint density at radius 1 is 0.923 bits per heavy atom. The lowest BCUT2D eigenvalue weighted by molar-refractivity contribution is 0.0620. The first-order chi connectivity index (χ1) is 19.1. The molecule has 1 saturated heterocycles. The van der Waals surface area contributed by atoms with E-state index in [0.717, 1.165) is 38.5 Å². The zero-order valence-electron chi connectivity index (χ0n) is 22.2. The number of hydrogen-bond acceptors (Lipinski definition) is 7. The van der Waals surface area contributed by atoms with Crippen LogP contribution in [-0.2, 0) is 13.1 Å². The zero-order valence-corrected chi connectivity index (χ0v) is 23.0. The van der Waals surface area contributed by atoms with Gasteiger partial charge in [-0.2, -0.15) is 0 Å². The lowest BCUT2D eigenvalue weighted by Crippen LogP contribution is -2.49. The minimum Gasteiger partial charge on any atom is -0.492 e. The summed E-state index contributed by atoms with van der Waals surface area (Å²) in [5.74, 6) is 2.27. The lowest BCUT2D eigenvalue weighted by atomic mass is 10.1. The highest BCUT2D eigenvalue weighted by atomic mass is 32.1. The maximum Gasteiger partial charge on any atom is 0.254 e. The molecule has 0 atom stereocenters. The molecule has 1 amide bonds. The van der Waals surface area contributed by atoms with Gasteiger partial charge in [0, 0.05) is 61.0 Å². The fraction of sp³-hybridized carbons (Fsp3) is 0.323. The molecule has 1 aromatic heterocycles. The number of ether oxygens (including phenoxy) is 3. The van der Waals surface area contributed by atoms with Gasteiger partial charge < -0.3 is 19.1 Å². The van der Waals surface area contributed by atoms with Crippen LogP contribution < -0.4 is 14.2 Å². The molecule has 2 aliphatic heterocycles. The number of thiophene rings is 1. The quantitative estimate of drug-likeness (QED) is 0.293. The van der Waals surface area contributed by atoms with E-state index in [1.807, 2.05) is 22.3 Å². The number of carbonyl (C=O) groups is 1. The van der Waals surface area contributed by atoms with Gasteiger partial charge in [-0.05, 0) is 60.5 Å². The summed E-state index contributed by atoms with van der Waals surface area (Å²) >= 11 is 1.87. The van der Waals surface area contributed by atoms with Crippen LogP contribution in [0.2, 0.25) is 0 Å². The Bertz CT molecular complexity index is 1400. The largest absolute Gasteiger partial charge is 0.492 e. The Morgan fingerprint density at radius 3 is 2.54 bits per heavy atom. The van der Waals surface area contributed by atoms with Crippen molar-refractivity contribution in [2.24, 2.45) is 0 Å². The van der Waals surface area contributed by atoms with Crippen LogP contribution in [0.4, 0.5) is 0 Å². The molecule has 0 unspecified atom stereocenters. The van der Waals surface area contributed by atoms with Crippen LogP contribution in [0.1, 0.15) is 20.8 Å². The van der Waals surface area contributed by atoms with Gasteiger partial charge in [-0.25, -0.2) is 0 Å². The Balaban J connectivity index is 0.913. The molecule has 7 nitrogen and oxygen atoms in total. The highest BCUT2D eigenvalue weighted by molar-refractivity contribution is 7.19. The van der Waals surface area contributed by atoms with Crippen molar-refractivity contribution in [1.82, 2.24) is 14.7 Å². The van der Waals surface area contributed by atoms with Crippen LogP contribution in [0.25, 0.3) is 10.1 Å². The summed E-state index contributed by atoms with van der Waals surface area (Å²) in [5, 5.41) is 1.32. The van der Waals surface area contributed by atoms with Gasteiger partial charge in [0.2, 0.25) is 6.79 Å². The Kier molecular flexibility index (Phi) is 7.67. The minimum atomic E-state index is 0.0405. The zero-order chi connectivity index (χ0) is 26.6. The second kappa shape index (κ2) is 11.7. The molecule has 39 heavy (non-hydrogen) atoms. The van der Waals surface area contributed by atoms with Gasteiger partial charge in [0.1, 0.15) is 12.4 Å². The standard InChI is InChI=1S/C31H33N3O4S/c1-32(21-27-18-24-4-2-3-5-30(24)39-27)20-23-6-9-26(10-7-23)36-17-16-33-12-14-34(15-13-33)31(35)25-8-11-28-29(19-25)38-22-37-28/h2-11,18-19H,12-17,20-22H2,1H3. The van der Waals surface area contributed by atoms with E-state index in [2.05, 4.69) is 71.4 Å². The van der Waals surface area contributed by atoms with E-state index in [9.17, 15) is 4.79 Å². The molecular formula is C31H33N3O4S. The molecule has 8 heteroatoms. The third-order valence-electron chi connectivity index (χ3n) is 7.23. The Hall–Kier alpha value is -3.59. The summed E-state index contributed by atoms with van der Waals surface area (Å²) in [6.45, 7) is 6.59. The Morgan fingerprint density at radius 2 is 1.72 bits per heavy atom. The monoisotopic (exact) mass is 543 g/mol. The molecule has 6 rings (SSSR count). The van der Waals surface area contributed by atoms with Crippen LogP contribution in [0.3, 0.4) is 0 Å². The topological polar surface area (TPSA) is 54.5 Å². The first-order valence-electron chi connectivity index (χ1n) is 13.4. The number of carbonyl (C=O) groups excluding carboxylic acids is 1. The van der Waals surface area contributed by atoms with Crippen LogP contribution in [-0.4, -0.2) is 73.8 Å². The maximum absolute atomic E-state index is 12.9. The maximum atomic E-state index is 12.9. The van der Waals surface area contributed by atoms with Crippen molar-refractivity contribution in [2.45, 2.75) is 13.1 Å². The lowest BCUT2D eigenvalue weighted by Gasteiger charge is -2.34. The van der Waals surface area contributed by atoms with E-state index >= 15 is 0 Å². The number of amides is 1. The summed E-state index contributed by atoms with van der Waals surface area (Å²) in [5.41, 5.74) is 1.92. The molecule has 3 aromatic carbocycles. The summed E-state index contributed by atoms with van der Waals surface area (Å²) in [7, 11) is 2.16. The highest BCUT2D eigenvalue weighted by Gasteiger charge is 2.24. The van der Waals surface area contributed by atoms with E-state index in [0.29, 0.717) is 36.8 Å². The second-order valence-corrected chi connectivity index (χ2v) is 11.3. The van der Waals surface area contributed by atoms with Crippen molar-refractivity contribution in [3.8, 4) is 17.2 Å². The van der Waals surface area contributed by atoms with Gasteiger partial charge in [0.05, 0.1) is 0 Å². The van der Waals surface area contributed by atoms with E-state index < -0.39 is 0 Å². The van der Waals surface area contributed by atoms with Gasteiger partial charge in [-0.3, -0.25) is 14.6 Å². The average Bonchev–Trinajstić information content (AvgIpc) is 3.60.